The maximum atomic E-state index is 14.1. The van der Waals surface area contributed by atoms with Crippen molar-refractivity contribution in [1.82, 2.24) is 10.0 Å². The molecule has 0 spiro atoms. The van der Waals surface area contributed by atoms with Gasteiger partial charge in [-0.3, -0.25) is 4.79 Å². The molecule has 7 heteroatoms. The average Bonchev–Trinajstić information content (AvgIpc) is 2.78. The zero-order valence-electron chi connectivity index (χ0n) is 17.2. The quantitative estimate of drug-likeness (QED) is 0.534. The summed E-state index contributed by atoms with van der Waals surface area (Å²) in [7, 11) is -4.23. The molecule has 0 bridgehead atoms. The van der Waals surface area contributed by atoms with Crippen molar-refractivity contribution in [3.8, 4) is 0 Å². The average molecular weight is 441 g/mol. The van der Waals surface area contributed by atoms with Gasteiger partial charge in [0.25, 0.3) is 0 Å². The molecule has 0 aromatic heterocycles. The lowest BCUT2D eigenvalue weighted by Gasteiger charge is -2.20. The first-order chi connectivity index (χ1) is 14.9. The lowest BCUT2D eigenvalue weighted by Crippen LogP contribution is -2.48. The Balaban J connectivity index is 1.77. The molecule has 2 unspecified atom stereocenters. The van der Waals surface area contributed by atoms with Crippen molar-refractivity contribution < 1.29 is 17.6 Å². The van der Waals surface area contributed by atoms with Crippen LogP contribution in [0.1, 0.15) is 24.0 Å². The summed E-state index contributed by atoms with van der Waals surface area (Å²) in [5.41, 5.74) is 1.85. The number of carbonyl (C=O) groups is 1. The van der Waals surface area contributed by atoms with Crippen LogP contribution < -0.4 is 10.0 Å². The number of hydrogen-bond acceptors (Lipinski definition) is 3. The van der Waals surface area contributed by atoms with E-state index in [-0.39, 0.29) is 12.3 Å². The van der Waals surface area contributed by atoms with Crippen LogP contribution in [0.4, 0.5) is 4.39 Å². The van der Waals surface area contributed by atoms with Crippen molar-refractivity contribution in [2.45, 2.75) is 30.2 Å². The fraction of sp³-hybridized carbons (Fsp3) is 0.208. The topological polar surface area (TPSA) is 75.3 Å². The molecule has 1 amide bonds. The summed E-state index contributed by atoms with van der Waals surface area (Å²) in [4.78, 5) is 12.5. The second-order valence-corrected chi connectivity index (χ2v) is 9.03. The van der Waals surface area contributed by atoms with Gasteiger partial charge in [-0.05, 0) is 35.6 Å². The number of carbonyl (C=O) groups excluding carboxylic acids is 1. The lowest BCUT2D eigenvalue weighted by atomic mass is 10.0. The van der Waals surface area contributed by atoms with Crippen molar-refractivity contribution >= 4 is 15.9 Å². The molecule has 3 aromatic carbocycles. The molecule has 0 saturated heterocycles. The number of hydrogen-bond donors (Lipinski definition) is 2. The minimum atomic E-state index is -4.23. The monoisotopic (exact) mass is 440 g/mol. The van der Waals surface area contributed by atoms with Gasteiger partial charge in [-0.25, -0.2) is 12.8 Å². The van der Waals surface area contributed by atoms with Gasteiger partial charge in [0, 0.05) is 6.54 Å². The van der Waals surface area contributed by atoms with Crippen molar-refractivity contribution in [3.05, 3.63) is 102 Å². The smallest absolute Gasteiger partial charge is 0.244 e. The zero-order chi connectivity index (χ0) is 22.3. The van der Waals surface area contributed by atoms with E-state index in [1.165, 1.54) is 18.2 Å². The van der Waals surface area contributed by atoms with E-state index < -0.39 is 32.7 Å². The summed E-state index contributed by atoms with van der Waals surface area (Å²) in [5, 5.41) is 2.83. The fourth-order valence-electron chi connectivity index (χ4n) is 3.23. The Labute approximate surface area is 182 Å². The van der Waals surface area contributed by atoms with E-state index in [9.17, 15) is 17.6 Å². The Morgan fingerprint density at radius 1 is 0.903 bits per heavy atom. The van der Waals surface area contributed by atoms with Crippen LogP contribution in [-0.4, -0.2) is 26.9 Å². The summed E-state index contributed by atoms with van der Waals surface area (Å²) in [5.74, 6) is -1.29. The number of sulfonamides is 1. The Kier molecular flexibility index (Phi) is 7.55. The SMILES string of the molecule is CC(CNC(=O)C(Cc1ccccc1)NS(=O)(=O)c1ccccc1F)c1ccccc1. The minimum absolute atomic E-state index is 0.0469. The third-order valence-corrected chi connectivity index (χ3v) is 6.48. The first-order valence-corrected chi connectivity index (χ1v) is 11.5. The van der Waals surface area contributed by atoms with Gasteiger partial charge >= 0.3 is 0 Å². The molecule has 31 heavy (non-hydrogen) atoms. The van der Waals surface area contributed by atoms with Crippen LogP contribution in [0, 0.1) is 5.82 Å². The number of halogens is 1. The summed E-state index contributed by atoms with van der Waals surface area (Å²) in [6.07, 6.45) is 0.139. The highest BCUT2D eigenvalue weighted by Gasteiger charge is 2.28. The predicted molar refractivity (Wildman–Crippen MR) is 119 cm³/mol. The van der Waals surface area contributed by atoms with Gasteiger partial charge in [-0.1, -0.05) is 79.7 Å². The molecule has 0 radical (unpaired) electrons. The van der Waals surface area contributed by atoms with Crippen LogP contribution in [0.5, 0.6) is 0 Å². The second kappa shape index (κ2) is 10.3. The molecule has 0 fully saturated rings. The predicted octanol–water partition coefficient (Wildman–Crippen LogP) is 3.64. The van der Waals surface area contributed by atoms with Crippen LogP contribution in [0.2, 0.25) is 0 Å². The van der Waals surface area contributed by atoms with Crippen LogP contribution in [0.15, 0.2) is 89.8 Å². The van der Waals surface area contributed by atoms with Gasteiger partial charge in [-0.2, -0.15) is 4.72 Å². The zero-order valence-corrected chi connectivity index (χ0v) is 18.0. The van der Waals surface area contributed by atoms with E-state index in [1.54, 1.807) is 0 Å². The molecular weight excluding hydrogens is 415 g/mol. The third kappa shape index (κ3) is 6.23. The van der Waals surface area contributed by atoms with Crippen LogP contribution in [0.25, 0.3) is 0 Å². The summed E-state index contributed by atoms with van der Waals surface area (Å²) in [6, 6.07) is 22.8. The number of amides is 1. The molecule has 5 nitrogen and oxygen atoms in total. The van der Waals surface area contributed by atoms with E-state index in [4.69, 9.17) is 0 Å². The maximum absolute atomic E-state index is 14.1. The number of nitrogens with one attached hydrogen (secondary N) is 2. The van der Waals surface area contributed by atoms with E-state index in [0.29, 0.717) is 6.54 Å². The summed E-state index contributed by atoms with van der Waals surface area (Å²) < 4.78 is 42.0. The molecule has 0 saturated carbocycles. The fourth-order valence-corrected chi connectivity index (χ4v) is 4.50. The number of rotatable bonds is 9. The Bertz CT molecular complexity index is 1110. The Morgan fingerprint density at radius 3 is 2.13 bits per heavy atom. The van der Waals surface area contributed by atoms with Gasteiger partial charge in [0.1, 0.15) is 16.8 Å². The highest BCUT2D eigenvalue weighted by Crippen LogP contribution is 2.16. The Morgan fingerprint density at radius 2 is 1.48 bits per heavy atom. The highest BCUT2D eigenvalue weighted by atomic mass is 32.2. The minimum Gasteiger partial charge on any atom is -0.354 e. The lowest BCUT2D eigenvalue weighted by molar-refractivity contribution is -0.122. The number of benzene rings is 3. The van der Waals surface area contributed by atoms with Crippen molar-refractivity contribution in [2.75, 3.05) is 6.54 Å². The van der Waals surface area contributed by atoms with Gasteiger partial charge in [0.2, 0.25) is 15.9 Å². The van der Waals surface area contributed by atoms with Crippen molar-refractivity contribution in [2.24, 2.45) is 0 Å². The normalized spacial score (nSPS) is 13.4. The first kappa shape index (κ1) is 22.7. The standard InChI is InChI=1S/C24H25FN2O3S/c1-18(20-12-6-3-7-13-20)17-26-24(28)22(16-19-10-4-2-5-11-19)27-31(29,30)23-15-9-8-14-21(23)25/h2-15,18,22,27H,16-17H2,1H3,(H,26,28). The van der Waals surface area contributed by atoms with Crippen LogP contribution in [0.3, 0.4) is 0 Å². The first-order valence-electron chi connectivity index (χ1n) is 10.0. The third-order valence-electron chi connectivity index (χ3n) is 4.97. The van der Waals surface area contributed by atoms with Gasteiger partial charge in [-0.15, -0.1) is 0 Å². The summed E-state index contributed by atoms with van der Waals surface area (Å²) in [6.45, 7) is 2.32. The Hall–Kier alpha value is -3.03. The largest absolute Gasteiger partial charge is 0.354 e. The maximum Gasteiger partial charge on any atom is 0.244 e. The highest BCUT2D eigenvalue weighted by molar-refractivity contribution is 7.89. The van der Waals surface area contributed by atoms with Crippen molar-refractivity contribution in [3.63, 3.8) is 0 Å². The van der Waals surface area contributed by atoms with E-state index in [0.717, 1.165) is 17.2 Å². The molecule has 0 aliphatic carbocycles. The molecule has 162 valence electrons. The molecule has 2 atom stereocenters. The van der Waals surface area contributed by atoms with E-state index in [1.807, 2.05) is 67.6 Å². The van der Waals surface area contributed by atoms with Gasteiger partial charge in [0.15, 0.2) is 0 Å². The van der Waals surface area contributed by atoms with Gasteiger partial charge in [0.05, 0.1) is 0 Å². The molecule has 3 rings (SSSR count). The van der Waals surface area contributed by atoms with E-state index in [2.05, 4.69) is 10.0 Å². The molecule has 0 heterocycles. The molecule has 3 aromatic rings. The molecule has 0 aliphatic heterocycles. The second-order valence-electron chi connectivity index (χ2n) is 7.35. The molecule has 0 aliphatic rings. The summed E-state index contributed by atoms with van der Waals surface area (Å²) >= 11 is 0. The van der Waals surface area contributed by atoms with Crippen LogP contribution >= 0.6 is 0 Å². The van der Waals surface area contributed by atoms with Crippen molar-refractivity contribution in [1.29, 1.82) is 0 Å². The molecule has 2 N–H and O–H groups in total. The van der Waals surface area contributed by atoms with Gasteiger partial charge < -0.3 is 5.32 Å². The van der Waals surface area contributed by atoms with E-state index >= 15 is 0 Å². The van der Waals surface area contributed by atoms with Crippen LogP contribution in [-0.2, 0) is 21.2 Å². The molecular formula is C24H25FN2O3S.